The Bertz CT molecular complexity index is 619. The first-order valence-corrected chi connectivity index (χ1v) is 6.00. The van der Waals surface area contributed by atoms with Crippen molar-refractivity contribution < 1.29 is 4.79 Å². The van der Waals surface area contributed by atoms with Crippen molar-refractivity contribution in [1.82, 2.24) is 14.5 Å². The fourth-order valence-electron chi connectivity index (χ4n) is 1.77. The molecule has 0 fully saturated rings. The molecule has 1 amide bonds. The van der Waals surface area contributed by atoms with E-state index in [4.69, 9.17) is 5.26 Å². The Labute approximate surface area is 110 Å². The molecule has 0 spiro atoms. The maximum Gasteiger partial charge on any atom is 0.329 e. The van der Waals surface area contributed by atoms with Crippen LogP contribution in [-0.4, -0.2) is 33.4 Å². The summed E-state index contributed by atoms with van der Waals surface area (Å²) in [5.74, 6) is -0.233. The highest BCUT2D eigenvalue weighted by molar-refractivity contribution is 5.80. The molecule has 0 aromatic carbocycles. The minimum atomic E-state index is -0.767. The van der Waals surface area contributed by atoms with Crippen molar-refractivity contribution in [3.63, 3.8) is 0 Å². The van der Waals surface area contributed by atoms with Gasteiger partial charge < -0.3 is 4.90 Å². The second-order valence-corrected chi connectivity index (χ2v) is 4.01. The molecule has 19 heavy (non-hydrogen) atoms. The van der Waals surface area contributed by atoms with Gasteiger partial charge in [-0.25, -0.2) is 4.79 Å². The molecule has 7 nitrogen and oxygen atoms in total. The van der Waals surface area contributed by atoms with E-state index in [1.54, 1.807) is 17.9 Å². The van der Waals surface area contributed by atoms with E-state index in [1.807, 2.05) is 18.8 Å². The van der Waals surface area contributed by atoms with Crippen molar-refractivity contribution in [2.75, 3.05) is 13.1 Å². The molecular weight excluding hydrogens is 248 g/mol. The van der Waals surface area contributed by atoms with E-state index in [-0.39, 0.29) is 11.5 Å². The number of nitrogens with one attached hydrogen (secondary N) is 1. The Balaban J connectivity index is 3.24. The largest absolute Gasteiger partial charge is 0.341 e. The van der Waals surface area contributed by atoms with E-state index in [2.05, 4.69) is 0 Å². The molecule has 0 aliphatic heterocycles. The molecule has 1 atom stereocenters. The summed E-state index contributed by atoms with van der Waals surface area (Å²) < 4.78 is 1.07. The van der Waals surface area contributed by atoms with Crippen LogP contribution in [0, 0.1) is 11.3 Å². The molecule has 1 unspecified atom stereocenters. The van der Waals surface area contributed by atoms with Gasteiger partial charge in [0.05, 0.1) is 0 Å². The highest BCUT2D eigenvalue weighted by Gasteiger charge is 2.21. The smallest absolute Gasteiger partial charge is 0.329 e. The predicted molar refractivity (Wildman–Crippen MR) is 68.7 cm³/mol. The molecule has 1 aromatic rings. The molecule has 7 heteroatoms. The van der Waals surface area contributed by atoms with Crippen LogP contribution in [-0.2, 0) is 4.79 Å². The number of aromatic nitrogens is 2. The number of carbonyl (C=O) groups is 1. The zero-order valence-corrected chi connectivity index (χ0v) is 11.1. The van der Waals surface area contributed by atoms with Crippen LogP contribution in [0.3, 0.4) is 0 Å². The van der Waals surface area contributed by atoms with Gasteiger partial charge in [0.1, 0.15) is 17.7 Å². The summed E-state index contributed by atoms with van der Waals surface area (Å²) in [6.45, 7) is 6.29. The molecule has 1 heterocycles. The normalized spacial score (nSPS) is 11.7. The molecule has 102 valence electrons. The first kappa shape index (κ1) is 14.7. The molecule has 0 saturated heterocycles. The van der Waals surface area contributed by atoms with Gasteiger partial charge in [0.15, 0.2) is 0 Å². The Morgan fingerprint density at radius 3 is 2.53 bits per heavy atom. The van der Waals surface area contributed by atoms with E-state index in [1.165, 1.54) is 0 Å². The minimum absolute atomic E-state index is 0.196. The average Bonchev–Trinajstić information content (AvgIpc) is 2.39. The van der Waals surface area contributed by atoms with E-state index in [9.17, 15) is 14.4 Å². The summed E-state index contributed by atoms with van der Waals surface area (Å²) >= 11 is 0. The van der Waals surface area contributed by atoms with Crippen molar-refractivity contribution in [2.45, 2.75) is 26.8 Å². The van der Waals surface area contributed by atoms with Crippen molar-refractivity contribution >= 4 is 5.91 Å². The van der Waals surface area contributed by atoms with E-state index in [0.717, 1.165) is 10.8 Å². The Morgan fingerprint density at radius 1 is 1.47 bits per heavy atom. The molecule has 1 rings (SSSR count). The van der Waals surface area contributed by atoms with Crippen LogP contribution in [0.4, 0.5) is 0 Å². The third-order valence-corrected chi connectivity index (χ3v) is 2.94. The van der Waals surface area contributed by atoms with Crippen LogP contribution in [0.2, 0.25) is 0 Å². The first-order chi connectivity index (χ1) is 8.96. The van der Waals surface area contributed by atoms with Crippen molar-refractivity contribution in [2.24, 2.45) is 0 Å². The van der Waals surface area contributed by atoms with Gasteiger partial charge in [0.2, 0.25) is 5.91 Å². The maximum atomic E-state index is 12.1. The van der Waals surface area contributed by atoms with Gasteiger partial charge in [-0.1, -0.05) is 0 Å². The lowest BCUT2D eigenvalue weighted by Crippen LogP contribution is -2.41. The number of H-pyrrole nitrogens is 1. The van der Waals surface area contributed by atoms with Gasteiger partial charge in [-0.05, 0) is 20.8 Å². The lowest BCUT2D eigenvalue weighted by atomic mass is 10.2. The van der Waals surface area contributed by atoms with Gasteiger partial charge in [-0.2, -0.15) is 5.26 Å². The molecule has 0 bridgehead atoms. The van der Waals surface area contributed by atoms with Gasteiger partial charge in [-0.15, -0.1) is 0 Å². The third-order valence-electron chi connectivity index (χ3n) is 2.94. The van der Waals surface area contributed by atoms with Crippen LogP contribution in [0.25, 0.3) is 0 Å². The SMILES string of the molecule is CCN(CC)C(=O)C(C)n1cc(C#N)c(=O)[nH]c1=O. The number of rotatable bonds is 4. The summed E-state index contributed by atoms with van der Waals surface area (Å²) in [5, 5.41) is 8.77. The zero-order valence-electron chi connectivity index (χ0n) is 11.1. The topological polar surface area (TPSA) is 99.0 Å². The number of likely N-dealkylation sites (N-methyl/N-ethyl adjacent to an activating group) is 1. The van der Waals surface area contributed by atoms with Crippen molar-refractivity contribution in [1.29, 1.82) is 5.26 Å². The standard InChI is InChI=1S/C12H16N4O3/c1-4-15(5-2)11(18)8(3)16-7-9(6-13)10(17)14-12(16)19/h7-8H,4-5H2,1-3H3,(H,14,17,19). The fraction of sp³-hybridized carbons (Fsp3) is 0.500. The van der Waals surface area contributed by atoms with E-state index >= 15 is 0 Å². The summed E-state index contributed by atoms with van der Waals surface area (Å²) in [7, 11) is 0. The monoisotopic (exact) mass is 264 g/mol. The molecule has 0 aliphatic carbocycles. The Hall–Kier alpha value is -2.36. The number of hydrogen-bond acceptors (Lipinski definition) is 4. The summed E-state index contributed by atoms with van der Waals surface area (Å²) in [6.07, 6.45) is 1.12. The first-order valence-electron chi connectivity index (χ1n) is 6.00. The van der Waals surface area contributed by atoms with Crippen LogP contribution in [0.1, 0.15) is 32.4 Å². The molecule has 0 aliphatic rings. The quantitative estimate of drug-likeness (QED) is 0.816. The average molecular weight is 264 g/mol. The van der Waals surface area contributed by atoms with Crippen molar-refractivity contribution in [3.8, 4) is 6.07 Å². The zero-order chi connectivity index (χ0) is 14.6. The number of carbonyl (C=O) groups excluding carboxylic acids is 1. The fourth-order valence-corrected chi connectivity index (χ4v) is 1.77. The van der Waals surface area contributed by atoms with Crippen LogP contribution in [0.15, 0.2) is 15.8 Å². The number of aromatic amines is 1. The summed E-state index contributed by atoms with van der Waals surface area (Å²) in [5.41, 5.74) is -1.64. The minimum Gasteiger partial charge on any atom is -0.341 e. The Morgan fingerprint density at radius 2 is 2.05 bits per heavy atom. The molecular formula is C12H16N4O3. The maximum absolute atomic E-state index is 12.1. The summed E-state index contributed by atoms with van der Waals surface area (Å²) in [4.78, 5) is 38.7. The van der Waals surface area contributed by atoms with Crippen LogP contribution >= 0.6 is 0 Å². The predicted octanol–water partition coefficient (Wildman–Crippen LogP) is -0.162. The number of nitriles is 1. The second-order valence-electron chi connectivity index (χ2n) is 4.01. The summed E-state index contributed by atoms with van der Waals surface area (Å²) in [6, 6.07) is 0.918. The highest BCUT2D eigenvalue weighted by atomic mass is 16.2. The van der Waals surface area contributed by atoms with Gasteiger partial charge >= 0.3 is 5.69 Å². The van der Waals surface area contributed by atoms with E-state index in [0.29, 0.717) is 13.1 Å². The number of amides is 1. The molecule has 0 radical (unpaired) electrons. The second kappa shape index (κ2) is 6.00. The third kappa shape index (κ3) is 2.91. The molecule has 1 aromatic heterocycles. The number of nitrogens with zero attached hydrogens (tertiary/aromatic N) is 3. The van der Waals surface area contributed by atoms with Crippen molar-refractivity contribution in [3.05, 3.63) is 32.6 Å². The highest BCUT2D eigenvalue weighted by Crippen LogP contribution is 2.07. The molecule has 1 N–H and O–H groups in total. The van der Waals surface area contributed by atoms with Crippen LogP contribution < -0.4 is 11.2 Å². The van der Waals surface area contributed by atoms with Gasteiger partial charge in [0.25, 0.3) is 5.56 Å². The van der Waals surface area contributed by atoms with Gasteiger partial charge in [0, 0.05) is 19.3 Å². The Kier molecular flexibility index (Phi) is 4.64. The van der Waals surface area contributed by atoms with E-state index < -0.39 is 17.3 Å². The number of hydrogen-bond donors (Lipinski definition) is 1. The lowest BCUT2D eigenvalue weighted by Gasteiger charge is -2.23. The lowest BCUT2D eigenvalue weighted by molar-refractivity contribution is -0.134. The van der Waals surface area contributed by atoms with Crippen LogP contribution in [0.5, 0.6) is 0 Å². The van der Waals surface area contributed by atoms with Gasteiger partial charge in [-0.3, -0.25) is 19.1 Å². The molecule has 0 saturated carbocycles.